The lowest BCUT2D eigenvalue weighted by molar-refractivity contribution is -0.138. The molecule has 1 aliphatic carbocycles. The molecule has 27 heavy (non-hydrogen) atoms. The molecule has 3 rings (SSSR count). The Morgan fingerprint density at radius 1 is 1.33 bits per heavy atom. The van der Waals surface area contributed by atoms with Crippen LogP contribution in [0.1, 0.15) is 30.0 Å². The number of carbonyl (C=O) groups is 1. The molecule has 2 aromatic rings. The van der Waals surface area contributed by atoms with E-state index in [-0.39, 0.29) is 12.2 Å². The van der Waals surface area contributed by atoms with Gasteiger partial charge in [-0.25, -0.2) is 9.78 Å². The van der Waals surface area contributed by atoms with E-state index in [0.29, 0.717) is 11.6 Å². The van der Waals surface area contributed by atoms with Crippen LogP contribution < -0.4 is 10.1 Å². The van der Waals surface area contributed by atoms with Crippen LogP contribution in [0.2, 0.25) is 0 Å². The van der Waals surface area contributed by atoms with Crippen molar-refractivity contribution >= 4 is 11.7 Å². The average molecular weight is 363 g/mol. The molecule has 1 heterocycles. The Labute approximate surface area is 158 Å². The van der Waals surface area contributed by atoms with E-state index in [0.717, 1.165) is 25.0 Å². The molecule has 0 saturated carbocycles. The monoisotopic (exact) mass is 363 g/mol. The molecule has 1 aromatic heterocycles. The lowest BCUT2D eigenvalue weighted by atomic mass is 10.0. The van der Waals surface area contributed by atoms with Crippen molar-refractivity contribution in [3.63, 3.8) is 0 Å². The maximum Gasteiger partial charge on any atom is 0.350 e. The maximum absolute atomic E-state index is 11.7. The highest BCUT2D eigenvalue weighted by Crippen LogP contribution is 2.36. The number of ether oxygens (including phenoxy) is 2. The zero-order valence-electron chi connectivity index (χ0n) is 15.4. The lowest BCUT2D eigenvalue weighted by Crippen LogP contribution is -2.08. The number of aromatic nitrogens is 1. The smallest absolute Gasteiger partial charge is 0.350 e. The highest BCUT2D eigenvalue weighted by molar-refractivity contribution is 5.93. The van der Waals surface area contributed by atoms with Crippen molar-refractivity contribution < 1.29 is 14.3 Å². The van der Waals surface area contributed by atoms with E-state index in [4.69, 9.17) is 14.7 Å². The number of rotatable bonds is 6. The average Bonchev–Trinajstić information content (AvgIpc) is 3.17. The van der Waals surface area contributed by atoms with Crippen LogP contribution in [-0.2, 0) is 22.4 Å². The number of esters is 1. The molecule has 0 fully saturated rings. The Morgan fingerprint density at radius 2 is 2.15 bits per heavy atom. The Bertz CT molecular complexity index is 929. The van der Waals surface area contributed by atoms with E-state index >= 15 is 0 Å². The van der Waals surface area contributed by atoms with Crippen molar-refractivity contribution in [2.75, 3.05) is 11.9 Å². The molecule has 0 aliphatic heterocycles. The van der Waals surface area contributed by atoms with Crippen LogP contribution in [-0.4, -0.2) is 17.6 Å². The van der Waals surface area contributed by atoms with E-state index in [1.807, 2.05) is 12.1 Å². The van der Waals surface area contributed by atoms with Gasteiger partial charge in [-0.2, -0.15) is 5.26 Å². The number of fused-ring (bicyclic) bond motifs is 1. The predicted molar refractivity (Wildman–Crippen MR) is 101 cm³/mol. The second kappa shape index (κ2) is 8.37. The van der Waals surface area contributed by atoms with Crippen LogP contribution in [0.25, 0.3) is 0 Å². The summed E-state index contributed by atoms with van der Waals surface area (Å²) in [7, 11) is 0. The van der Waals surface area contributed by atoms with Crippen LogP contribution in [0.5, 0.6) is 11.6 Å². The second-order valence-electron chi connectivity index (χ2n) is 6.18. The van der Waals surface area contributed by atoms with Crippen molar-refractivity contribution in [2.24, 2.45) is 0 Å². The van der Waals surface area contributed by atoms with E-state index < -0.39 is 5.97 Å². The summed E-state index contributed by atoms with van der Waals surface area (Å²) in [6, 6.07) is 9.37. The van der Waals surface area contributed by atoms with Crippen LogP contribution in [0, 0.1) is 18.3 Å². The molecule has 1 aromatic carbocycles. The normalized spacial score (nSPS) is 12.9. The third kappa shape index (κ3) is 4.09. The zero-order chi connectivity index (χ0) is 19.2. The number of aryl methyl sites for hydroxylation is 1. The molecular weight excluding hydrogens is 342 g/mol. The third-order valence-electron chi connectivity index (χ3n) is 4.44. The number of benzene rings is 1. The molecule has 0 unspecified atom stereocenters. The summed E-state index contributed by atoms with van der Waals surface area (Å²) in [6.07, 6.45) is 6.12. The first-order chi connectivity index (χ1) is 13.1. The molecule has 6 nitrogen and oxygen atoms in total. The number of nitrogens with zero attached hydrogens (tertiary/aromatic N) is 2. The summed E-state index contributed by atoms with van der Waals surface area (Å²) < 4.78 is 10.9. The van der Waals surface area contributed by atoms with Gasteiger partial charge >= 0.3 is 5.97 Å². The lowest BCUT2D eigenvalue weighted by Gasteiger charge is -2.14. The summed E-state index contributed by atoms with van der Waals surface area (Å²) in [6.45, 7) is 4.01. The van der Waals surface area contributed by atoms with Gasteiger partial charge in [0.1, 0.15) is 17.5 Å². The number of pyridine rings is 1. The standard InChI is InChI=1S/C21H21N3O3/c1-3-26-21(25)15(12-22)13-24-18-8-5-11-23-20(18)27-19-10-9-14(2)16-6-4-7-17(16)19/h5,8-11,13,24H,3-4,6-7H2,1-2H3/b15-13+. The van der Waals surface area contributed by atoms with Gasteiger partial charge < -0.3 is 14.8 Å². The molecule has 6 heteroatoms. The number of hydrogen-bond donors (Lipinski definition) is 1. The second-order valence-corrected chi connectivity index (χ2v) is 6.18. The number of anilines is 1. The Kier molecular flexibility index (Phi) is 5.72. The number of nitriles is 1. The Hall–Kier alpha value is -3.33. The Morgan fingerprint density at radius 3 is 2.93 bits per heavy atom. The van der Waals surface area contributed by atoms with Gasteiger partial charge in [0.05, 0.1) is 6.61 Å². The molecule has 138 valence electrons. The fraction of sp³-hybridized carbons (Fsp3) is 0.286. The van der Waals surface area contributed by atoms with Gasteiger partial charge in [0.25, 0.3) is 0 Å². The van der Waals surface area contributed by atoms with Crippen LogP contribution in [0.4, 0.5) is 5.69 Å². The van der Waals surface area contributed by atoms with Crippen molar-refractivity contribution in [3.8, 4) is 17.7 Å². The van der Waals surface area contributed by atoms with E-state index in [1.54, 1.807) is 25.3 Å². The summed E-state index contributed by atoms with van der Waals surface area (Å²) in [4.78, 5) is 16.0. The summed E-state index contributed by atoms with van der Waals surface area (Å²) in [5.74, 6) is 0.507. The number of nitrogens with one attached hydrogen (secondary N) is 1. The van der Waals surface area contributed by atoms with Crippen molar-refractivity contribution in [3.05, 3.63) is 58.9 Å². The molecule has 0 spiro atoms. The first kappa shape index (κ1) is 18.5. The highest BCUT2D eigenvalue weighted by Gasteiger charge is 2.19. The topological polar surface area (TPSA) is 84.2 Å². The highest BCUT2D eigenvalue weighted by atomic mass is 16.5. The molecule has 1 aliphatic rings. The van der Waals surface area contributed by atoms with Gasteiger partial charge in [-0.15, -0.1) is 0 Å². The first-order valence-corrected chi connectivity index (χ1v) is 8.92. The fourth-order valence-electron chi connectivity index (χ4n) is 3.13. The molecule has 0 radical (unpaired) electrons. The van der Waals surface area contributed by atoms with E-state index in [2.05, 4.69) is 23.3 Å². The quantitative estimate of drug-likeness (QED) is 0.473. The van der Waals surface area contributed by atoms with Gasteiger partial charge in [0.2, 0.25) is 5.88 Å². The van der Waals surface area contributed by atoms with Crippen LogP contribution in [0.15, 0.2) is 42.2 Å². The SMILES string of the molecule is CCOC(=O)/C(C#N)=C/Nc1cccnc1Oc1ccc(C)c2c1CCC2. The minimum atomic E-state index is -0.671. The van der Waals surface area contributed by atoms with Gasteiger partial charge in [0.15, 0.2) is 5.57 Å². The van der Waals surface area contributed by atoms with Gasteiger partial charge in [-0.1, -0.05) is 6.07 Å². The van der Waals surface area contributed by atoms with Gasteiger partial charge in [0, 0.05) is 12.4 Å². The molecule has 0 amide bonds. The molecule has 1 N–H and O–H groups in total. The predicted octanol–water partition coefficient (Wildman–Crippen LogP) is 4.05. The minimum absolute atomic E-state index is 0.122. The Balaban J connectivity index is 1.85. The summed E-state index contributed by atoms with van der Waals surface area (Å²) in [5.41, 5.74) is 4.30. The third-order valence-corrected chi connectivity index (χ3v) is 4.44. The molecule has 0 saturated heterocycles. The van der Waals surface area contributed by atoms with Crippen molar-refractivity contribution in [1.82, 2.24) is 4.98 Å². The van der Waals surface area contributed by atoms with Gasteiger partial charge in [-0.3, -0.25) is 0 Å². The van der Waals surface area contributed by atoms with Crippen molar-refractivity contribution in [1.29, 1.82) is 5.26 Å². The molecule has 0 bridgehead atoms. The van der Waals surface area contributed by atoms with Crippen LogP contribution >= 0.6 is 0 Å². The van der Waals surface area contributed by atoms with Crippen molar-refractivity contribution in [2.45, 2.75) is 33.1 Å². The summed E-state index contributed by atoms with van der Waals surface area (Å²) >= 11 is 0. The fourth-order valence-corrected chi connectivity index (χ4v) is 3.13. The first-order valence-electron chi connectivity index (χ1n) is 8.92. The molecular formula is C21H21N3O3. The van der Waals surface area contributed by atoms with E-state index in [1.165, 1.54) is 22.9 Å². The summed E-state index contributed by atoms with van der Waals surface area (Å²) in [5, 5.41) is 12.1. The molecule has 0 atom stereocenters. The number of carbonyl (C=O) groups excluding carboxylic acids is 1. The largest absolute Gasteiger partial charge is 0.462 e. The number of hydrogen-bond acceptors (Lipinski definition) is 6. The minimum Gasteiger partial charge on any atom is -0.462 e. The zero-order valence-corrected chi connectivity index (χ0v) is 15.4. The van der Waals surface area contributed by atoms with Gasteiger partial charge in [-0.05, 0) is 68.0 Å². The maximum atomic E-state index is 11.7. The van der Waals surface area contributed by atoms with E-state index in [9.17, 15) is 4.79 Å². The van der Waals surface area contributed by atoms with Crippen LogP contribution in [0.3, 0.4) is 0 Å².